The Hall–Kier alpha value is -2.38. The van der Waals surface area contributed by atoms with Gasteiger partial charge < -0.3 is 4.57 Å². The minimum atomic E-state index is -0.126. The maximum atomic E-state index is 12.3. The fourth-order valence-electron chi connectivity index (χ4n) is 3.20. The van der Waals surface area contributed by atoms with Gasteiger partial charge in [-0.2, -0.15) is 5.26 Å². The molecule has 112 valence electrons. The van der Waals surface area contributed by atoms with Gasteiger partial charge in [0.2, 0.25) is 0 Å². The minimum absolute atomic E-state index is 0.00591. The van der Waals surface area contributed by atoms with Gasteiger partial charge in [-0.1, -0.05) is 36.4 Å². The van der Waals surface area contributed by atoms with Crippen LogP contribution in [0.1, 0.15) is 17.0 Å². The Labute approximate surface area is 130 Å². The smallest absolute Gasteiger partial charge is 0.253 e. The fraction of sp³-hybridized carbons (Fsp3) is 0.333. The van der Waals surface area contributed by atoms with E-state index in [1.165, 1.54) is 5.56 Å². The van der Waals surface area contributed by atoms with E-state index >= 15 is 0 Å². The molecule has 22 heavy (non-hydrogen) atoms. The largest absolute Gasteiger partial charge is 0.318 e. The highest BCUT2D eigenvalue weighted by Crippen LogP contribution is 2.31. The molecule has 1 aliphatic rings. The van der Waals surface area contributed by atoms with Crippen LogP contribution in [0.15, 0.2) is 53.5 Å². The summed E-state index contributed by atoms with van der Waals surface area (Å²) in [6.45, 7) is 2.29. The highest BCUT2D eigenvalue weighted by molar-refractivity contribution is 5.23. The van der Waals surface area contributed by atoms with Crippen molar-refractivity contribution in [3.63, 3.8) is 0 Å². The lowest BCUT2D eigenvalue weighted by atomic mass is 9.91. The molecule has 0 spiro atoms. The molecule has 4 heteroatoms. The molecule has 2 atom stereocenters. The molecule has 1 aliphatic heterocycles. The van der Waals surface area contributed by atoms with Gasteiger partial charge in [0.1, 0.15) is 0 Å². The molecule has 0 amide bonds. The lowest BCUT2D eigenvalue weighted by molar-refractivity contribution is 0.322. The molecule has 0 bridgehead atoms. The molecule has 3 rings (SSSR count). The van der Waals surface area contributed by atoms with Crippen molar-refractivity contribution >= 4 is 0 Å². The minimum Gasteiger partial charge on any atom is -0.318 e. The van der Waals surface area contributed by atoms with Crippen molar-refractivity contribution in [3.05, 3.63) is 70.1 Å². The number of benzene rings is 1. The van der Waals surface area contributed by atoms with Crippen LogP contribution in [-0.4, -0.2) is 22.6 Å². The van der Waals surface area contributed by atoms with Crippen LogP contribution in [0.25, 0.3) is 0 Å². The molecule has 0 radical (unpaired) electrons. The summed E-state index contributed by atoms with van der Waals surface area (Å²) in [7, 11) is 1.75. The highest BCUT2D eigenvalue weighted by atomic mass is 16.1. The maximum absolute atomic E-state index is 12.3. The normalized spacial score (nSPS) is 21.6. The molecule has 0 saturated carbocycles. The van der Waals surface area contributed by atoms with E-state index in [4.69, 9.17) is 0 Å². The monoisotopic (exact) mass is 293 g/mol. The number of nitrogens with zero attached hydrogens (tertiary/aromatic N) is 3. The number of hydrogen-bond donors (Lipinski definition) is 0. The van der Waals surface area contributed by atoms with Gasteiger partial charge in [0, 0.05) is 44.4 Å². The SMILES string of the molecule is Cn1cccc(C2CN(Cc3ccccc3)CC2C#N)c1=O. The van der Waals surface area contributed by atoms with Crippen LogP contribution in [-0.2, 0) is 13.6 Å². The lowest BCUT2D eigenvalue weighted by Gasteiger charge is -2.16. The first-order valence-corrected chi connectivity index (χ1v) is 7.50. The van der Waals surface area contributed by atoms with Gasteiger partial charge in [-0.3, -0.25) is 9.69 Å². The average Bonchev–Trinajstić information content (AvgIpc) is 2.93. The first-order valence-electron chi connectivity index (χ1n) is 7.50. The van der Waals surface area contributed by atoms with Crippen molar-refractivity contribution in [2.75, 3.05) is 13.1 Å². The molecule has 2 aromatic rings. The highest BCUT2D eigenvalue weighted by Gasteiger charge is 2.35. The third kappa shape index (κ3) is 2.81. The number of likely N-dealkylation sites (tertiary alicyclic amines) is 1. The summed E-state index contributed by atoms with van der Waals surface area (Å²) in [5.74, 6) is -0.132. The fourth-order valence-corrected chi connectivity index (χ4v) is 3.20. The second-order valence-electron chi connectivity index (χ2n) is 5.90. The zero-order valence-electron chi connectivity index (χ0n) is 12.6. The Balaban J connectivity index is 1.82. The molecule has 1 aromatic carbocycles. The Morgan fingerprint density at radius 2 is 1.95 bits per heavy atom. The quantitative estimate of drug-likeness (QED) is 0.871. The van der Waals surface area contributed by atoms with Crippen LogP contribution < -0.4 is 5.56 Å². The number of aryl methyl sites for hydroxylation is 1. The summed E-state index contributed by atoms with van der Waals surface area (Å²) in [6, 6.07) is 16.4. The van der Waals surface area contributed by atoms with Crippen LogP contribution >= 0.6 is 0 Å². The van der Waals surface area contributed by atoms with E-state index in [1.54, 1.807) is 17.8 Å². The summed E-state index contributed by atoms with van der Waals surface area (Å²) in [4.78, 5) is 14.6. The summed E-state index contributed by atoms with van der Waals surface area (Å²) in [5, 5.41) is 9.46. The molecule has 1 aromatic heterocycles. The summed E-state index contributed by atoms with van der Waals surface area (Å²) in [6.07, 6.45) is 1.75. The first-order chi connectivity index (χ1) is 10.7. The number of pyridine rings is 1. The Kier molecular flexibility index (Phi) is 4.08. The van der Waals surface area contributed by atoms with Crippen LogP contribution in [0.3, 0.4) is 0 Å². The summed E-state index contributed by atoms with van der Waals surface area (Å²) < 4.78 is 1.59. The van der Waals surface area contributed by atoms with Crippen LogP contribution in [0, 0.1) is 17.2 Å². The van der Waals surface area contributed by atoms with Crippen molar-refractivity contribution < 1.29 is 0 Å². The third-order valence-corrected chi connectivity index (χ3v) is 4.36. The molecule has 1 fully saturated rings. The number of hydrogen-bond acceptors (Lipinski definition) is 3. The Bertz CT molecular complexity index is 745. The average molecular weight is 293 g/mol. The number of aromatic nitrogens is 1. The van der Waals surface area contributed by atoms with Gasteiger partial charge in [0.25, 0.3) is 5.56 Å². The van der Waals surface area contributed by atoms with Gasteiger partial charge in [0.15, 0.2) is 0 Å². The Morgan fingerprint density at radius 1 is 1.18 bits per heavy atom. The second-order valence-corrected chi connectivity index (χ2v) is 5.90. The van der Waals surface area contributed by atoms with E-state index in [9.17, 15) is 10.1 Å². The first kappa shape index (κ1) is 14.6. The van der Waals surface area contributed by atoms with E-state index in [0.29, 0.717) is 6.54 Å². The standard InChI is InChI=1S/C18H19N3O/c1-20-9-5-8-16(18(20)22)17-13-21(12-15(17)10-19)11-14-6-3-2-4-7-14/h2-9,15,17H,11-13H2,1H3. The van der Waals surface area contributed by atoms with Gasteiger partial charge in [-0.25, -0.2) is 0 Å². The van der Waals surface area contributed by atoms with Crippen LogP contribution in [0.5, 0.6) is 0 Å². The van der Waals surface area contributed by atoms with E-state index in [-0.39, 0.29) is 17.4 Å². The number of nitriles is 1. The zero-order chi connectivity index (χ0) is 15.5. The topological polar surface area (TPSA) is 49.0 Å². The zero-order valence-corrected chi connectivity index (χ0v) is 12.6. The van der Waals surface area contributed by atoms with E-state index < -0.39 is 0 Å². The van der Waals surface area contributed by atoms with Crippen molar-refractivity contribution in [2.45, 2.75) is 12.5 Å². The van der Waals surface area contributed by atoms with E-state index in [1.807, 2.05) is 30.3 Å². The van der Waals surface area contributed by atoms with Crippen molar-refractivity contribution in [2.24, 2.45) is 13.0 Å². The molecular formula is C18H19N3O. The molecule has 1 saturated heterocycles. The molecule has 0 aliphatic carbocycles. The van der Waals surface area contributed by atoms with Crippen LogP contribution in [0.2, 0.25) is 0 Å². The predicted molar refractivity (Wildman–Crippen MR) is 85.2 cm³/mol. The van der Waals surface area contributed by atoms with E-state index in [2.05, 4.69) is 23.1 Å². The van der Waals surface area contributed by atoms with Gasteiger partial charge in [-0.05, 0) is 11.6 Å². The van der Waals surface area contributed by atoms with Crippen molar-refractivity contribution in [1.29, 1.82) is 5.26 Å². The van der Waals surface area contributed by atoms with E-state index in [0.717, 1.165) is 18.7 Å². The summed E-state index contributed by atoms with van der Waals surface area (Å²) in [5.41, 5.74) is 2.00. The molecule has 4 nitrogen and oxygen atoms in total. The lowest BCUT2D eigenvalue weighted by Crippen LogP contribution is -2.25. The van der Waals surface area contributed by atoms with Crippen LogP contribution in [0.4, 0.5) is 0 Å². The third-order valence-electron chi connectivity index (χ3n) is 4.36. The summed E-state index contributed by atoms with van der Waals surface area (Å²) >= 11 is 0. The maximum Gasteiger partial charge on any atom is 0.253 e. The van der Waals surface area contributed by atoms with Crippen molar-refractivity contribution in [1.82, 2.24) is 9.47 Å². The molecule has 2 unspecified atom stereocenters. The molecule has 2 heterocycles. The van der Waals surface area contributed by atoms with Crippen molar-refractivity contribution in [3.8, 4) is 6.07 Å². The molecule has 0 N–H and O–H groups in total. The Morgan fingerprint density at radius 3 is 2.68 bits per heavy atom. The van der Waals surface area contributed by atoms with Gasteiger partial charge in [-0.15, -0.1) is 0 Å². The molecular weight excluding hydrogens is 274 g/mol. The van der Waals surface area contributed by atoms with Gasteiger partial charge in [0.05, 0.1) is 12.0 Å². The number of rotatable bonds is 3. The second kappa shape index (κ2) is 6.17. The predicted octanol–water partition coefficient (Wildman–Crippen LogP) is 2.12. The van der Waals surface area contributed by atoms with Gasteiger partial charge >= 0.3 is 0 Å².